The third-order valence-electron chi connectivity index (χ3n) is 4.43. The molecule has 0 heterocycles. The van der Waals surface area contributed by atoms with Gasteiger partial charge in [-0.15, -0.1) is 0 Å². The van der Waals surface area contributed by atoms with Crippen molar-refractivity contribution in [3.05, 3.63) is 35.9 Å². The molecular weight excluding hydrogens is 266 g/mol. The molecule has 1 saturated carbocycles. The van der Waals surface area contributed by atoms with Gasteiger partial charge in [-0.25, -0.2) is 0 Å². The Morgan fingerprint density at radius 1 is 1.19 bits per heavy atom. The van der Waals surface area contributed by atoms with E-state index in [2.05, 4.69) is 19.2 Å². The van der Waals surface area contributed by atoms with E-state index in [0.717, 1.165) is 12.0 Å². The molecule has 0 aromatic heterocycles. The van der Waals surface area contributed by atoms with Crippen LogP contribution in [0.4, 0.5) is 0 Å². The standard InChI is InChI=1S/C17H23NO3/c1-17(2,12-7-4-3-5-8-12)11-18-15(19)13-9-6-10-14(13)16(20)21/h3-5,7-8,13-14H,6,9-11H2,1-2H3,(H,18,19)(H,20,21)/t13-,14+/m1/s1. The van der Waals surface area contributed by atoms with Gasteiger partial charge in [-0.05, 0) is 18.4 Å². The fourth-order valence-electron chi connectivity index (χ4n) is 3.00. The summed E-state index contributed by atoms with van der Waals surface area (Å²) in [7, 11) is 0. The second kappa shape index (κ2) is 6.29. The van der Waals surface area contributed by atoms with Crippen LogP contribution >= 0.6 is 0 Å². The lowest BCUT2D eigenvalue weighted by molar-refractivity contribution is -0.146. The maximum Gasteiger partial charge on any atom is 0.307 e. The van der Waals surface area contributed by atoms with Crippen LogP contribution in [0, 0.1) is 11.8 Å². The van der Waals surface area contributed by atoms with Crippen LogP contribution in [-0.2, 0) is 15.0 Å². The molecule has 0 radical (unpaired) electrons. The topological polar surface area (TPSA) is 66.4 Å². The first-order chi connectivity index (χ1) is 9.92. The van der Waals surface area contributed by atoms with Gasteiger partial charge in [-0.3, -0.25) is 9.59 Å². The predicted molar refractivity (Wildman–Crippen MR) is 80.9 cm³/mol. The molecule has 1 amide bonds. The van der Waals surface area contributed by atoms with Crippen molar-refractivity contribution in [1.82, 2.24) is 5.32 Å². The minimum absolute atomic E-state index is 0.121. The van der Waals surface area contributed by atoms with Crippen LogP contribution in [0.1, 0.15) is 38.7 Å². The maximum absolute atomic E-state index is 12.3. The number of amides is 1. The monoisotopic (exact) mass is 289 g/mol. The maximum atomic E-state index is 12.3. The van der Waals surface area contributed by atoms with Crippen molar-refractivity contribution in [3.63, 3.8) is 0 Å². The van der Waals surface area contributed by atoms with Gasteiger partial charge in [0, 0.05) is 12.0 Å². The van der Waals surface area contributed by atoms with Crippen LogP contribution in [0.15, 0.2) is 30.3 Å². The highest BCUT2D eigenvalue weighted by Gasteiger charge is 2.38. The number of benzene rings is 1. The van der Waals surface area contributed by atoms with E-state index in [1.165, 1.54) is 0 Å². The highest BCUT2D eigenvalue weighted by molar-refractivity contribution is 5.85. The van der Waals surface area contributed by atoms with Crippen LogP contribution in [0.25, 0.3) is 0 Å². The third kappa shape index (κ3) is 3.63. The molecule has 4 nitrogen and oxygen atoms in total. The van der Waals surface area contributed by atoms with Gasteiger partial charge in [0.1, 0.15) is 0 Å². The summed E-state index contributed by atoms with van der Waals surface area (Å²) in [6.45, 7) is 4.66. The first-order valence-electron chi connectivity index (χ1n) is 7.48. The molecule has 2 rings (SSSR count). The summed E-state index contributed by atoms with van der Waals surface area (Å²) in [5, 5.41) is 12.1. The van der Waals surface area contributed by atoms with Crippen molar-refractivity contribution >= 4 is 11.9 Å². The van der Waals surface area contributed by atoms with E-state index < -0.39 is 11.9 Å². The Kier molecular flexibility index (Phi) is 4.66. The quantitative estimate of drug-likeness (QED) is 0.875. The minimum atomic E-state index is -0.852. The Balaban J connectivity index is 1.96. The smallest absolute Gasteiger partial charge is 0.307 e. The van der Waals surface area contributed by atoms with Crippen LogP contribution in [0.3, 0.4) is 0 Å². The van der Waals surface area contributed by atoms with Gasteiger partial charge in [0.05, 0.1) is 11.8 Å². The van der Waals surface area contributed by atoms with Gasteiger partial charge in [-0.1, -0.05) is 50.6 Å². The molecule has 0 aliphatic heterocycles. The lowest BCUT2D eigenvalue weighted by atomic mass is 9.84. The molecule has 114 valence electrons. The average molecular weight is 289 g/mol. The molecule has 1 aliphatic rings. The summed E-state index contributed by atoms with van der Waals surface area (Å²) in [5.74, 6) is -1.88. The minimum Gasteiger partial charge on any atom is -0.481 e. The number of carboxylic acid groups (broad SMARTS) is 1. The summed E-state index contributed by atoms with van der Waals surface area (Å²) >= 11 is 0. The lowest BCUT2D eigenvalue weighted by Gasteiger charge is -2.27. The van der Waals surface area contributed by atoms with Crippen LogP contribution in [0.2, 0.25) is 0 Å². The lowest BCUT2D eigenvalue weighted by Crippen LogP contribution is -2.41. The molecule has 1 aliphatic carbocycles. The van der Waals surface area contributed by atoms with Gasteiger partial charge < -0.3 is 10.4 Å². The molecule has 4 heteroatoms. The summed E-state index contributed by atoms with van der Waals surface area (Å²) in [5.41, 5.74) is 0.986. The van der Waals surface area contributed by atoms with E-state index in [0.29, 0.717) is 19.4 Å². The fraction of sp³-hybridized carbons (Fsp3) is 0.529. The number of carboxylic acids is 1. The summed E-state index contributed by atoms with van der Waals surface area (Å²) in [4.78, 5) is 23.4. The number of rotatable bonds is 5. The van der Waals surface area contributed by atoms with Gasteiger partial charge >= 0.3 is 5.97 Å². The molecule has 0 bridgehead atoms. The normalized spacial score (nSPS) is 22.0. The zero-order valence-electron chi connectivity index (χ0n) is 12.6. The van der Waals surface area contributed by atoms with Crippen molar-refractivity contribution in [2.75, 3.05) is 6.54 Å². The molecular formula is C17H23NO3. The Labute approximate surface area is 125 Å². The highest BCUT2D eigenvalue weighted by Crippen LogP contribution is 2.32. The fourth-order valence-corrected chi connectivity index (χ4v) is 3.00. The van der Waals surface area contributed by atoms with E-state index in [9.17, 15) is 9.59 Å². The van der Waals surface area contributed by atoms with Crippen molar-refractivity contribution in [2.45, 2.75) is 38.5 Å². The zero-order valence-corrected chi connectivity index (χ0v) is 12.6. The predicted octanol–water partition coefficient (Wildman–Crippen LogP) is 2.58. The zero-order chi connectivity index (χ0) is 15.5. The average Bonchev–Trinajstić information content (AvgIpc) is 2.95. The largest absolute Gasteiger partial charge is 0.481 e. The molecule has 0 unspecified atom stereocenters. The van der Waals surface area contributed by atoms with Crippen molar-refractivity contribution < 1.29 is 14.7 Å². The van der Waals surface area contributed by atoms with Crippen LogP contribution < -0.4 is 5.32 Å². The molecule has 1 aromatic carbocycles. The molecule has 1 aromatic rings. The molecule has 2 atom stereocenters. The number of nitrogens with one attached hydrogen (secondary N) is 1. The first-order valence-corrected chi connectivity index (χ1v) is 7.48. The number of carbonyl (C=O) groups excluding carboxylic acids is 1. The summed E-state index contributed by atoms with van der Waals surface area (Å²) in [6.07, 6.45) is 2.10. The molecule has 1 fully saturated rings. The summed E-state index contributed by atoms with van der Waals surface area (Å²) in [6, 6.07) is 10.0. The van der Waals surface area contributed by atoms with Gasteiger partial charge in [0.25, 0.3) is 0 Å². The van der Waals surface area contributed by atoms with E-state index in [1.807, 2.05) is 30.3 Å². The number of hydrogen-bond donors (Lipinski definition) is 2. The number of carbonyl (C=O) groups is 2. The van der Waals surface area contributed by atoms with Crippen molar-refractivity contribution in [2.24, 2.45) is 11.8 Å². The molecule has 0 spiro atoms. The summed E-state index contributed by atoms with van der Waals surface area (Å²) < 4.78 is 0. The highest BCUT2D eigenvalue weighted by atomic mass is 16.4. The van der Waals surface area contributed by atoms with E-state index in [1.54, 1.807) is 0 Å². The molecule has 21 heavy (non-hydrogen) atoms. The van der Waals surface area contributed by atoms with Gasteiger partial charge in [0.2, 0.25) is 5.91 Å². The van der Waals surface area contributed by atoms with E-state index >= 15 is 0 Å². The van der Waals surface area contributed by atoms with Crippen LogP contribution in [-0.4, -0.2) is 23.5 Å². The number of hydrogen-bond acceptors (Lipinski definition) is 2. The Morgan fingerprint density at radius 3 is 2.43 bits per heavy atom. The molecule has 0 saturated heterocycles. The first kappa shape index (κ1) is 15.5. The number of aliphatic carboxylic acids is 1. The Bertz CT molecular complexity index is 510. The van der Waals surface area contributed by atoms with Crippen molar-refractivity contribution in [1.29, 1.82) is 0 Å². The Morgan fingerprint density at radius 2 is 1.81 bits per heavy atom. The van der Waals surface area contributed by atoms with Crippen molar-refractivity contribution in [3.8, 4) is 0 Å². The van der Waals surface area contributed by atoms with Gasteiger partial charge in [0.15, 0.2) is 0 Å². The Hall–Kier alpha value is -1.84. The molecule has 2 N–H and O–H groups in total. The van der Waals surface area contributed by atoms with E-state index in [4.69, 9.17) is 5.11 Å². The van der Waals surface area contributed by atoms with Crippen LogP contribution in [0.5, 0.6) is 0 Å². The van der Waals surface area contributed by atoms with Gasteiger partial charge in [-0.2, -0.15) is 0 Å². The third-order valence-corrected chi connectivity index (χ3v) is 4.43. The second-order valence-electron chi connectivity index (χ2n) is 6.45. The SMILES string of the molecule is CC(C)(CNC(=O)[C@@H]1CCC[C@@H]1C(=O)O)c1ccccc1. The second-order valence-corrected chi connectivity index (χ2v) is 6.45. The van der Waals surface area contributed by atoms with E-state index in [-0.39, 0.29) is 17.2 Å².